The average Bonchev–Trinajstić information content (AvgIpc) is 3.08. The first-order valence-corrected chi connectivity index (χ1v) is 12.6. The van der Waals surface area contributed by atoms with Crippen LogP contribution in [-0.4, -0.2) is 41.9 Å². The summed E-state index contributed by atoms with van der Waals surface area (Å²) in [5, 5.41) is 3.07. The molecule has 1 amide bonds. The van der Waals surface area contributed by atoms with E-state index in [4.69, 9.17) is 0 Å². The van der Waals surface area contributed by atoms with Crippen LogP contribution in [0.4, 0.5) is 0 Å². The van der Waals surface area contributed by atoms with Crippen LogP contribution in [0.3, 0.4) is 0 Å². The van der Waals surface area contributed by atoms with E-state index in [0.29, 0.717) is 6.54 Å². The Morgan fingerprint density at radius 3 is 2.00 bits per heavy atom. The Balaban J connectivity index is 1.23. The molecule has 2 aromatic carbocycles. The Kier molecular flexibility index (Phi) is 8.36. The van der Waals surface area contributed by atoms with Gasteiger partial charge in [0, 0.05) is 31.7 Å². The van der Waals surface area contributed by atoms with Gasteiger partial charge in [-0.1, -0.05) is 56.2 Å². The van der Waals surface area contributed by atoms with E-state index < -0.39 is 0 Å². The van der Waals surface area contributed by atoms with Gasteiger partial charge in [0.05, 0.1) is 0 Å². The minimum Gasteiger partial charge on any atom is -0.348 e. The Bertz CT molecular complexity index is 838. The van der Waals surface area contributed by atoms with Crippen LogP contribution in [0.15, 0.2) is 48.5 Å². The number of carbonyl (C=O) groups is 1. The summed E-state index contributed by atoms with van der Waals surface area (Å²) >= 11 is 0. The van der Waals surface area contributed by atoms with E-state index in [1.807, 2.05) is 12.1 Å². The number of nitrogens with one attached hydrogen (secondary N) is 1. The summed E-state index contributed by atoms with van der Waals surface area (Å²) < 4.78 is 0. The summed E-state index contributed by atoms with van der Waals surface area (Å²) in [6.45, 7) is 9.72. The van der Waals surface area contributed by atoms with Crippen molar-refractivity contribution >= 4 is 5.91 Å². The maximum atomic E-state index is 12.6. The molecule has 0 bridgehead atoms. The van der Waals surface area contributed by atoms with Gasteiger partial charge >= 0.3 is 0 Å². The molecule has 0 aliphatic carbocycles. The van der Waals surface area contributed by atoms with Gasteiger partial charge < -0.3 is 5.32 Å². The molecule has 2 heterocycles. The van der Waals surface area contributed by atoms with E-state index in [1.165, 1.54) is 75.8 Å². The van der Waals surface area contributed by atoms with Crippen molar-refractivity contribution in [2.24, 2.45) is 5.92 Å². The fourth-order valence-electron chi connectivity index (χ4n) is 5.05. The topological polar surface area (TPSA) is 35.6 Å². The number of piperidine rings is 1. The van der Waals surface area contributed by atoms with Crippen LogP contribution in [0.5, 0.6) is 0 Å². The fraction of sp³-hybridized carbons (Fsp3) is 0.536. The lowest BCUT2D eigenvalue weighted by Crippen LogP contribution is -2.33. The number of amides is 1. The molecule has 1 N–H and O–H groups in total. The van der Waals surface area contributed by atoms with Gasteiger partial charge in [-0.25, -0.2) is 0 Å². The molecule has 4 heteroatoms. The Hall–Kier alpha value is -2.17. The number of hydrogen-bond donors (Lipinski definition) is 1. The molecule has 2 aliphatic rings. The quantitative estimate of drug-likeness (QED) is 0.650. The van der Waals surface area contributed by atoms with Crippen LogP contribution in [0.2, 0.25) is 0 Å². The summed E-state index contributed by atoms with van der Waals surface area (Å²) in [4.78, 5) is 17.7. The second-order valence-corrected chi connectivity index (χ2v) is 9.87. The summed E-state index contributed by atoms with van der Waals surface area (Å²) in [5.74, 6) is 0.786. The van der Waals surface area contributed by atoms with Crippen LogP contribution < -0.4 is 5.32 Å². The molecule has 2 aliphatic heterocycles. The molecule has 2 fully saturated rings. The van der Waals surface area contributed by atoms with E-state index in [1.54, 1.807) is 0 Å². The zero-order valence-corrected chi connectivity index (χ0v) is 19.7. The molecule has 172 valence electrons. The summed E-state index contributed by atoms with van der Waals surface area (Å²) in [6, 6.07) is 16.8. The van der Waals surface area contributed by atoms with Crippen LogP contribution >= 0.6 is 0 Å². The van der Waals surface area contributed by atoms with Gasteiger partial charge in [0.25, 0.3) is 5.91 Å². The van der Waals surface area contributed by atoms with Gasteiger partial charge in [-0.3, -0.25) is 14.6 Å². The van der Waals surface area contributed by atoms with Gasteiger partial charge in [-0.05, 0) is 80.1 Å². The van der Waals surface area contributed by atoms with Crippen LogP contribution in [0, 0.1) is 5.92 Å². The summed E-state index contributed by atoms with van der Waals surface area (Å²) in [6.07, 6.45) is 8.02. The van der Waals surface area contributed by atoms with Crippen LogP contribution in [0.25, 0.3) is 0 Å². The normalized spacial score (nSPS) is 20.6. The van der Waals surface area contributed by atoms with Crippen molar-refractivity contribution < 1.29 is 4.79 Å². The van der Waals surface area contributed by atoms with Gasteiger partial charge in [0.1, 0.15) is 0 Å². The first-order valence-electron chi connectivity index (χ1n) is 12.6. The molecule has 0 aromatic heterocycles. The SMILES string of the molecule is CC1CCCN(Cc2ccc(C(=O)NCc3ccc(CN4CCCCCC4)cc3)cc2)C1. The highest BCUT2D eigenvalue weighted by Gasteiger charge is 2.16. The molecule has 4 nitrogen and oxygen atoms in total. The highest BCUT2D eigenvalue weighted by atomic mass is 16.1. The second-order valence-electron chi connectivity index (χ2n) is 9.87. The number of hydrogen-bond acceptors (Lipinski definition) is 3. The largest absolute Gasteiger partial charge is 0.348 e. The molecule has 2 saturated heterocycles. The molecule has 2 aromatic rings. The second kappa shape index (κ2) is 11.6. The first-order chi connectivity index (χ1) is 15.7. The van der Waals surface area contributed by atoms with Crippen molar-refractivity contribution in [2.75, 3.05) is 26.2 Å². The van der Waals surface area contributed by atoms with E-state index in [-0.39, 0.29) is 5.91 Å². The van der Waals surface area contributed by atoms with E-state index >= 15 is 0 Å². The van der Waals surface area contributed by atoms with Gasteiger partial charge in [0.15, 0.2) is 0 Å². The lowest BCUT2D eigenvalue weighted by Gasteiger charge is -2.30. The zero-order valence-electron chi connectivity index (χ0n) is 19.7. The monoisotopic (exact) mass is 433 g/mol. The van der Waals surface area contributed by atoms with E-state index in [9.17, 15) is 4.79 Å². The highest BCUT2D eigenvalue weighted by molar-refractivity contribution is 5.94. The molecular weight excluding hydrogens is 394 g/mol. The standard InChI is InChI=1S/C28H39N3O/c1-23-7-6-18-31(20-23)22-26-12-14-27(15-13-26)28(32)29-19-24-8-10-25(11-9-24)21-30-16-4-2-3-5-17-30/h8-15,23H,2-7,16-22H2,1H3,(H,29,32). The molecule has 0 radical (unpaired) electrons. The molecule has 0 spiro atoms. The van der Waals surface area contributed by atoms with Crippen molar-refractivity contribution in [3.05, 3.63) is 70.8 Å². The molecular formula is C28H39N3O. The van der Waals surface area contributed by atoms with Crippen molar-refractivity contribution in [1.29, 1.82) is 0 Å². The predicted octanol–water partition coefficient (Wildman–Crippen LogP) is 5.22. The summed E-state index contributed by atoms with van der Waals surface area (Å²) in [7, 11) is 0. The number of rotatable bonds is 7. The Morgan fingerprint density at radius 1 is 0.781 bits per heavy atom. The van der Waals surface area contributed by atoms with Crippen molar-refractivity contribution in [3.8, 4) is 0 Å². The number of carbonyl (C=O) groups excluding carboxylic acids is 1. The third-order valence-corrected chi connectivity index (χ3v) is 6.94. The summed E-state index contributed by atoms with van der Waals surface area (Å²) in [5.41, 5.74) is 4.53. The van der Waals surface area contributed by atoms with Crippen molar-refractivity contribution in [3.63, 3.8) is 0 Å². The average molecular weight is 434 g/mol. The Labute approximate surface area is 194 Å². The number of nitrogens with zero attached hydrogens (tertiary/aromatic N) is 2. The molecule has 4 rings (SSSR count). The van der Waals surface area contributed by atoms with Crippen LogP contribution in [-0.2, 0) is 19.6 Å². The third kappa shape index (κ3) is 6.91. The fourth-order valence-corrected chi connectivity index (χ4v) is 5.05. The van der Waals surface area contributed by atoms with Gasteiger partial charge in [-0.15, -0.1) is 0 Å². The smallest absolute Gasteiger partial charge is 0.251 e. The van der Waals surface area contributed by atoms with Crippen LogP contribution in [0.1, 0.15) is 72.5 Å². The maximum Gasteiger partial charge on any atom is 0.251 e. The van der Waals surface area contributed by atoms with E-state index in [2.05, 4.69) is 58.4 Å². The lowest BCUT2D eigenvalue weighted by atomic mass is 9.99. The first kappa shape index (κ1) is 23.0. The van der Waals surface area contributed by atoms with Crippen molar-refractivity contribution in [1.82, 2.24) is 15.1 Å². The number of likely N-dealkylation sites (tertiary alicyclic amines) is 2. The predicted molar refractivity (Wildman–Crippen MR) is 131 cm³/mol. The van der Waals surface area contributed by atoms with Gasteiger partial charge in [0.2, 0.25) is 0 Å². The van der Waals surface area contributed by atoms with E-state index in [0.717, 1.165) is 30.1 Å². The minimum atomic E-state index is -0.00297. The number of benzene rings is 2. The molecule has 0 saturated carbocycles. The van der Waals surface area contributed by atoms with Gasteiger partial charge in [-0.2, -0.15) is 0 Å². The third-order valence-electron chi connectivity index (χ3n) is 6.94. The molecule has 1 atom stereocenters. The highest BCUT2D eigenvalue weighted by Crippen LogP contribution is 2.18. The lowest BCUT2D eigenvalue weighted by molar-refractivity contribution is 0.0951. The maximum absolute atomic E-state index is 12.6. The van der Waals surface area contributed by atoms with Crippen molar-refractivity contribution in [2.45, 2.75) is 65.1 Å². The molecule has 1 unspecified atom stereocenters. The Morgan fingerprint density at radius 2 is 1.34 bits per heavy atom. The molecule has 32 heavy (non-hydrogen) atoms. The zero-order chi connectivity index (χ0) is 22.2. The minimum absolute atomic E-state index is 0.00297.